The molecule has 6 heteroatoms. The van der Waals surface area contributed by atoms with Crippen LogP contribution in [0.5, 0.6) is 0 Å². The number of hydrogen-bond donors (Lipinski definition) is 0. The summed E-state index contributed by atoms with van der Waals surface area (Å²) >= 11 is 0. The third kappa shape index (κ3) is 1.73. The van der Waals surface area contributed by atoms with Gasteiger partial charge in [0.05, 0.1) is 0 Å². The minimum Gasteiger partial charge on any atom is -0.269 e. The summed E-state index contributed by atoms with van der Waals surface area (Å²) in [7, 11) is 0. The Morgan fingerprint density at radius 3 is 2.24 bits per heavy atom. The molecule has 1 aromatic rings. The number of benzene rings is 1. The highest BCUT2D eigenvalue weighted by Gasteiger charge is 2.36. The summed E-state index contributed by atoms with van der Waals surface area (Å²) in [5, 5.41) is 2.65. The van der Waals surface area contributed by atoms with Crippen molar-refractivity contribution in [2.24, 2.45) is 0 Å². The van der Waals surface area contributed by atoms with Gasteiger partial charge in [-0.3, -0.25) is 10.0 Å². The number of hydrogen-bond acceptors (Lipinski definition) is 2. The van der Waals surface area contributed by atoms with E-state index in [1.54, 1.807) is 19.2 Å². The number of nitrogens with zero attached hydrogens (tertiary/aromatic N) is 2. The molecule has 0 spiro atoms. The van der Waals surface area contributed by atoms with E-state index in [1.807, 2.05) is 0 Å². The van der Waals surface area contributed by atoms with Crippen molar-refractivity contribution in [1.82, 2.24) is 5.01 Å². The number of allylic oxidation sites excluding steroid dienone is 1. The monoisotopic (exact) mass is 246 g/mol. The Balaban J connectivity index is 2.49. The van der Waals surface area contributed by atoms with Crippen LogP contribution in [0.4, 0.5) is 23.2 Å². The molecule has 0 N–H and O–H groups in total. The van der Waals surface area contributed by atoms with E-state index in [0.717, 1.165) is 6.92 Å². The normalized spacial score (nSPS) is 14.9. The van der Waals surface area contributed by atoms with E-state index < -0.39 is 34.5 Å². The first-order chi connectivity index (χ1) is 7.99. The van der Waals surface area contributed by atoms with E-state index in [0.29, 0.717) is 0 Å². The lowest BCUT2D eigenvalue weighted by Crippen LogP contribution is -2.09. The van der Waals surface area contributed by atoms with Crippen LogP contribution in [0, 0.1) is 30.2 Å². The molecule has 0 aliphatic carbocycles. The molecule has 1 fully saturated rings. The highest BCUT2D eigenvalue weighted by atomic mass is 19.2. The number of anilines is 1. The van der Waals surface area contributed by atoms with E-state index in [2.05, 4.69) is 0 Å². The van der Waals surface area contributed by atoms with Crippen LogP contribution in [-0.4, -0.2) is 11.7 Å². The molecule has 92 valence electrons. The van der Waals surface area contributed by atoms with Crippen molar-refractivity contribution in [2.75, 3.05) is 11.7 Å². The molecule has 1 saturated heterocycles. The van der Waals surface area contributed by atoms with Crippen molar-refractivity contribution < 1.29 is 17.6 Å². The van der Waals surface area contributed by atoms with Crippen LogP contribution in [0.15, 0.2) is 12.3 Å². The van der Waals surface area contributed by atoms with Gasteiger partial charge in [-0.2, -0.15) is 0 Å². The molecular weight excluding hydrogens is 236 g/mol. The van der Waals surface area contributed by atoms with Gasteiger partial charge in [0.1, 0.15) is 12.4 Å². The summed E-state index contributed by atoms with van der Waals surface area (Å²) in [6.45, 7) is 3.04. The van der Waals surface area contributed by atoms with Gasteiger partial charge in [-0.25, -0.2) is 17.6 Å². The first-order valence-corrected chi connectivity index (χ1v) is 4.98. The highest BCUT2D eigenvalue weighted by molar-refractivity contribution is 5.55. The summed E-state index contributed by atoms with van der Waals surface area (Å²) < 4.78 is 53.3. The molecule has 0 radical (unpaired) electrons. The fourth-order valence-electron chi connectivity index (χ4n) is 1.57. The number of halogens is 4. The maximum absolute atomic E-state index is 13.7. The molecule has 17 heavy (non-hydrogen) atoms. The second kappa shape index (κ2) is 3.94. The second-order valence-corrected chi connectivity index (χ2v) is 3.69. The Morgan fingerprint density at radius 2 is 1.65 bits per heavy atom. The molecule has 1 aromatic carbocycles. The van der Waals surface area contributed by atoms with Crippen LogP contribution in [-0.2, 0) is 0 Å². The van der Waals surface area contributed by atoms with E-state index in [9.17, 15) is 17.6 Å². The van der Waals surface area contributed by atoms with E-state index >= 15 is 0 Å². The largest absolute Gasteiger partial charge is 0.269 e. The Bertz CT molecular complexity index is 470. The van der Waals surface area contributed by atoms with Gasteiger partial charge in [-0.15, -0.1) is 0 Å². The van der Waals surface area contributed by atoms with Crippen molar-refractivity contribution >= 4 is 5.69 Å². The van der Waals surface area contributed by atoms with Crippen LogP contribution in [0.1, 0.15) is 12.5 Å². The van der Waals surface area contributed by atoms with E-state index in [1.165, 1.54) is 10.0 Å². The van der Waals surface area contributed by atoms with Gasteiger partial charge < -0.3 is 0 Å². The van der Waals surface area contributed by atoms with Crippen LogP contribution < -0.4 is 5.01 Å². The van der Waals surface area contributed by atoms with Crippen molar-refractivity contribution in [3.63, 3.8) is 0 Å². The lowest BCUT2D eigenvalue weighted by Gasteiger charge is -2.10. The molecule has 0 amide bonds. The summed E-state index contributed by atoms with van der Waals surface area (Å²) in [6.07, 6.45) is 3.25. The Labute approximate surface area is 95.7 Å². The quantitative estimate of drug-likeness (QED) is 0.342. The average Bonchev–Trinajstić information content (AvgIpc) is 3.04. The third-order valence-corrected chi connectivity index (χ3v) is 2.54. The Kier molecular flexibility index (Phi) is 2.73. The third-order valence-electron chi connectivity index (χ3n) is 2.54. The van der Waals surface area contributed by atoms with Crippen LogP contribution in [0.3, 0.4) is 0 Å². The zero-order valence-corrected chi connectivity index (χ0v) is 9.27. The molecule has 1 aliphatic heterocycles. The lowest BCUT2D eigenvalue weighted by molar-refractivity contribution is 0.429. The minimum absolute atomic E-state index is 0.239. The molecular formula is C11H10F4N2. The maximum Gasteiger partial charge on any atom is 0.197 e. The second-order valence-electron chi connectivity index (χ2n) is 3.69. The van der Waals surface area contributed by atoms with E-state index in [4.69, 9.17) is 0 Å². The molecule has 1 aliphatic rings. The molecule has 0 unspecified atom stereocenters. The molecule has 1 heterocycles. The Hall–Kier alpha value is -1.72. The first-order valence-electron chi connectivity index (χ1n) is 4.98. The SMILES string of the molecule is C/C=C\N1CN1c1c(F)c(C)c(F)c(F)c1F. The van der Waals surface area contributed by atoms with Crippen molar-refractivity contribution in [1.29, 1.82) is 0 Å². The molecule has 0 bridgehead atoms. The first kappa shape index (κ1) is 11.8. The van der Waals surface area contributed by atoms with Gasteiger partial charge in [0.2, 0.25) is 0 Å². The average molecular weight is 246 g/mol. The zero-order valence-electron chi connectivity index (χ0n) is 9.27. The molecule has 2 rings (SSSR count). The number of hydrazine groups is 1. The summed E-state index contributed by atoms with van der Waals surface area (Å²) in [5.74, 6) is -5.71. The van der Waals surface area contributed by atoms with Crippen LogP contribution in [0.2, 0.25) is 0 Å². The van der Waals surface area contributed by atoms with Crippen molar-refractivity contribution in [2.45, 2.75) is 13.8 Å². The summed E-state index contributed by atoms with van der Waals surface area (Å²) in [5.41, 5.74) is -1.08. The predicted molar refractivity (Wildman–Crippen MR) is 55.0 cm³/mol. The Morgan fingerprint density at radius 1 is 1.00 bits per heavy atom. The van der Waals surface area contributed by atoms with Gasteiger partial charge in [-0.05, 0) is 13.8 Å². The standard InChI is InChI=1S/C11H10F4N2/c1-3-4-16-5-17(16)11-8(13)6(2)7(12)9(14)10(11)15/h3-4H,5H2,1-2H3/b4-3-. The van der Waals surface area contributed by atoms with Gasteiger partial charge >= 0.3 is 0 Å². The molecule has 2 nitrogen and oxygen atoms in total. The van der Waals surface area contributed by atoms with Gasteiger partial charge in [0.15, 0.2) is 23.3 Å². The van der Waals surface area contributed by atoms with Crippen LogP contribution in [0.25, 0.3) is 0 Å². The lowest BCUT2D eigenvalue weighted by atomic mass is 10.1. The predicted octanol–water partition coefficient (Wildman–Crippen LogP) is 3.08. The summed E-state index contributed by atoms with van der Waals surface area (Å²) in [6, 6.07) is 0. The maximum atomic E-state index is 13.7. The van der Waals surface area contributed by atoms with Crippen molar-refractivity contribution in [3.8, 4) is 0 Å². The fourth-order valence-corrected chi connectivity index (χ4v) is 1.57. The summed E-state index contributed by atoms with van der Waals surface area (Å²) in [4.78, 5) is 0. The molecule has 0 saturated carbocycles. The van der Waals surface area contributed by atoms with Gasteiger partial charge in [0, 0.05) is 11.8 Å². The van der Waals surface area contributed by atoms with Crippen molar-refractivity contribution in [3.05, 3.63) is 41.1 Å². The van der Waals surface area contributed by atoms with Crippen LogP contribution >= 0.6 is 0 Å². The topological polar surface area (TPSA) is 6.02 Å². The highest BCUT2D eigenvalue weighted by Crippen LogP contribution is 2.36. The fraction of sp³-hybridized carbons (Fsp3) is 0.273. The van der Waals surface area contributed by atoms with Gasteiger partial charge in [-0.1, -0.05) is 6.08 Å². The zero-order chi connectivity index (χ0) is 12.7. The van der Waals surface area contributed by atoms with Gasteiger partial charge in [0.25, 0.3) is 0 Å². The minimum atomic E-state index is -1.65. The molecule has 0 aromatic heterocycles. The smallest absolute Gasteiger partial charge is 0.197 e. The van der Waals surface area contributed by atoms with E-state index in [-0.39, 0.29) is 6.67 Å². The molecule has 0 atom stereocenters. The number of rotatable bonds is 2.